The summed E-state index contributed by atoms with van der Waals surface area (Å²) in [5.74, 6) is 0.370. The summed E-state index contributed by atoms with van der Waals surface area (Å²) in [5.41, 5.74) is 2.72. The number of fused-ring (bicyclic) bond motifs is 1. The first kappa shape index (κ1) is 23.8. The number of carbonyl (C=O) groups excluding carboxylic acids is 2. The quantitative estimate of drug-likeness (QED) is 0.508. The average molecular weight is 465 g/mol. The van der Waals surface area contributed by atoms with Crippen LogP contribution in [0.1, 0.15) is 24.9 Å². The fraction of sp³-hybridized carbons (Fsp3) is 0.385. The molecule has 0 aliphatic carbocycles. The molecule has 0 spiro atoms. The summed E-state index contributed by atoms with van der Waals surface area (Å²) in [4.78, 5) is 26.9. The highest BCUT2D eigenvalue weighted by Crippen LogP contribution is 2.23. The van der Waals surface area contributed by atoms with Gasteiger partial charge < -0.3 is 24.7 Å². The highest BCUT2D eigenvalue weighted by atomic mass is 16.5. The molecule has 1 fully saturated rings. The number of hydrogen-bond acceptors (Lipinski definition) is 5. The Morgan fingerprint density at radius 1 is 1.06 bits per heavy atom. The van der Waals surface area contributed by atoms with Crippen LogP contribution in [0.25, 0.3) is 10.9 Å². The zero-order chi connectivity index (χ0) is 23.9. The lowest BCUT2D eigenvalue weighted by atomic mass is 10.0. The van der Waals surface area contributed by atoms with Crippen LogP contribution < -0.4 is 15.4 Å². The van der Waals surface area contributed by atoms with Crippen molar-refractivity contribution in [3.63, 3.8) is 0 Å². The fourth-order valence-corrected chi connectivity index (χ4v) is 4.28. The number of carbonyl (C=O) groups is 2. The molecule has 2 heterocycles. The fourth-order valence-electron chi connectivity index (χ4n) is 4.28. The molecule has 8 nitrogen and oxygen atoms in total. The topological polar surface area (TPSA) is 84.8 Å². The molecule has 3 aromatic rings. The van der Waals surface area contributed by atoms with Gasteiger partial charge in [0.1, 0.15) is 5.75 Å². The molecular formula is C26H32N4O4. The number of methoxy groups -OCH3 is 1. The molecule has 1 atom stereocenters. The molecule has 1 aliphatic rings. The average Bonchev–Trinajstić information content (AvgIpc) is 3.25. The Balaban J connectivity index is 1.39. The first-order valence-corrected chi connectivity index (χ1v) is 11.6. The second kappa shape index (κ2) is 11.2. The molecule has 34 heavy (non-hydrogen) atoms. The van der Waals surface area contributed by atoms with Gasteiger partial charge in [-0.2, -0.15) is 0 Å². The Morgan fingerprint density at radius 3 is 2.53 bits per heavy atom. The highest BCUT2D eigenvalue weighted by molar-refractivity contribution is 5.94. The van der Waals surface area contributed by atoms with Gasteiger partial charge in [-0.05, 0) is 42.0 Å². The molecule has 1 saturated heterocycles. The van der Waals surface area contributed by atoms with Crippen LogP contribution in [0.2, 0.25) is 0 Å². The van der Waals surface area contributed by atoms with Gasteiger partial charge in [0, 0.05) is 55.9 Å². The van der Waals surface area contributed by atoms with E-state index < -0.39 is 6.04 Å². The molecule has 8 heteroatoms. The minimum Gasteiger partial charge on any atom is -0.497 e. The lowest BCUT2D eigenvalue weighted by molar-refractivity contribution is -0.120. The molecule has 1 aliphatic heterocycles. The Kier molecular flexibility index (Phi) is 7.82. The monoisotopic (exact) mass is 464 g/mol. The normalized spacial score (nSPS) is 15.1. The maximum atomic E-state index is 12.8. The van der Waals surface area contributed by atoms with Gasteiger partial charge in [-0.15, -0.1) is 0 Å². The molecule has 2 aromatic carbocycles. The Labute approximate surface area is 199 Å². The second-order valence-corrected chi connectivity index (χ2v) is 8.52. The third-order valence-electron chi connectivity index (χ3n) is 6.10. The van der Waals surface area contributed by atoms with Crippen molar-refractivity contribution in [1.29, 1.82) is 0 Å². The summed E-state index contributed by atoms with van der Waals surface area (Å²) in [6.07, 6.45) is 2.22. The third-order valence-corrected chi connectivity index (χ3v) is 6.10. The van der Waals surface area contributed by atoms with Crippen molar-refractivity contribution in [2.45, 2.75) is 25.9 Å². The van der Waals surface area contributed by atoms with Crippen molar-refractivity contribution in [2.24, 2.45) is 0 Å². The van der Waals surface area contributed by atoms with E-state index in [1.807, 2.05) is 42.5 Å². The van der Waals surface area contributed by atoms with E-state index in [4.69, 9.17) is 9.47 Å². The maximum Gasteiger partial charge on any atom is 0.226 e. The lowest BCUT2D eigenvalue weighted by Gasteiger charge is -2.26. The molecule has 0 saturated carbocycles. The van der Waals surface area contributed by atoms with E-state index in [2.05, 4.69) is 32.4 Å². The van der Waals surface area contributed by atoms with Crippen LogP contribution in [0.3, 0.4) is 0 Å². The number of benzene rings is 2. The van der Waals surface area contributed by atoms with E-state index in [-0.39, 0.29) is 18.2 Å². The Hall–Kier alpha value is -3.36. The van der Waals surface area contributed by atoms with Crippen molar-refractivity contribution < 1.29 is 19.1 Å². The first-order chi connectivity index (χ1) is 16.5. The van der Waals surface area contributed by atoms with Crippen LogP contribution in [0.5, 0.6) is 5.75 Å². The Bertz CT molecular complexity index is 1120. The van der Waals surface area contributed by atoms with E-state index in [9.17, 15) is 9.59 Å². The number of anilines is 1. The van der Waals surface area contributed by atoms with Gasteiger partial charge in [-0.1, -0.05) is 12.1 Å². The zero-order valence-corrected chi connectivity index (χ0v) is 19.8. The van der Waals surface area contributed by atoms with Crippen molar-refractivity contribution in [2.75, 3.05) is 45.3 Å². The first-order valence-electron chi connectivity index (χ1n) is 11.6. The van der Waals surface area contributed by atoms with E-state index in [1.54, 1.807) is 7.11 Å². The maximum absolute atomic E-state index is 12.8. The van der Waals surface area contributed by atoms with Gasteiger partial charge in [0.05, 0.1) is 32.8 Å². The molecule has 1 unspecified atom stereocenters. The predicted octanol–water partition coefficient (Wildman–Crippen LogP) is 3.19. The molecule has 2 N–H and O–H groups in total. The molecule has 180 valence electrons. The van der Waals surface area contributed by atoms with Crippen LogP contribution in [0, 0.1) is 0 Å². The smallest absolute Gasteiger partial charge is 0.226 e. The minimum atomic E-state index is -0.423. The largest absolute Gasteiger partial charge is 0.497 e. The van der Waals surface area contributed by atoms with Crippen LogP contribution in [-0.4, -0.2) is 61.2 Å². The summed E-state index contributed by atoms with van der Waals surface area (Å²) in [6, 6.07) is 15.0. The van der Waals surface area contributed by atoms with Gasteiger partial charge in [0.25, 0.3) is 0 Å². The summed E-state index contributed by atoms with van der Waals surface area (Å²) in [6.45, 7) is 6.91. The number of rotatable bonds is 9. The third kappa shape index (κ3) is 6.15. The minimum absolute atomic E-state index is 0.129. The predicted molar refractivity (Wildman–Crippen MR) is 132 cm³/mol. The number of hydrogen-bond donors (Lipinski definition) is 2. The number of ether oxygens (including phenoxy) is 2. The molecule has 0 bridgehead atoms. The molecule has 1 aromatic heterocycles. The van der Waals surface area contributed by atoms with E-state index >= 15 is 0 Å². The standard InChI is InChI=1S/C26H32N4O4/c1-19(31)27-24(20-3-6-23(33-2)7-4-20)18-26(32)28-22-5-8-25-21(17-22)9-10-30(25)12-11-29-13-15-34-16-14-29/h3-10,17,24H,11-16,18H2,1-2H3,(H,27,31)(H,28,32). The van der Waals surface area contributed by atoms with Crippen LogP contribution in [-0.2, 0) is 20.9 Å². The number of morpholine rings is 1. The number of amides is 2. The van der Waals surface area contributed by atoms with E-state index in [1.165, 1.54) is 6.92 Å². The summed E-state index contributed by atoms with van der Waals surface area (Å²) < 4.78 is 12.9. The summed E-state index contributed by atoms with van der Waals surface area (Å²) in [7, 11) is 1.60. The number of nitrogens with zero attached hydrogens (tertiary/aromatic N) is 2. The summed E-state index contributed by atoms with van der Waals surface area (Å²) in [5, 5.41) is 6.92. The highest BCUT2D eigenvalue weighted by Gasteiger charge is 2.18. The molecule has 0 radical (unpaired) electrons. The van der Waals surface area contributed by atoms with Crippen LogP contribution >= 0.6 is 0 Å². The van der Waals surface area contributed by atoms with Crippen molar-refractivity contribution >= 4 is 28.4 Å². The number of nitrogens with one attached hydrogen (secondary N) is 2. The SMILES string of the molecule is COc1ccc(C(CC(=O)Nc2ccc3c(ccn3CCN3CCOCC3)c2)NC(C)=O)cc1. The second-order valence-electron chi connectivity index (χ2n) is 8.52. The van der Waals surface area contributed by atoms with Crippen molar-refractivity contribution in [3.05, 3.63) is 60.3 Å². The van der Waals surface area contributed by atoms with Gasteiger partial charge in [-0.25, -0.2) is 0 Å². The van der Waals surface area contributed by atoms with Gasteiger partial charge in [-0.3, -0.25) is 14.5 Å². The van der Waals surface area contributed by atoms with E-state index in [0.717, 1.165) is 67.3 Å². The van der Waals surface area contributed by atoms with Crippen molar-refractivity contribution in [1.82, 2.24) is 14.8 Å². The number of aromatic nitrogens is 1. The molecular weight excluding hydrogens is 432 g/mol. The van der Waals surface area contributed by atoms with Crippen LogP contribution in [0.4, 0.5) is 5.69 Å². The Morgan fingerprint density at radius 2 is 1.82 bits per heavy atom. The van der Waals surface area contributed by atoms with E-state index in [0.29, 0.717) is 0 Å². The molecule has 2 amide bonds. The zero-order valence-electron chi connectivity index (χ0n) is 19.8. The van der Waals surface area contributed by atoms with Gasteiger partial charge >= 0.3 is 0 Å². The van der Waals surface area contributed by atoms with Crippen molar-refractivity contribution in [3.8, 4) is 5.75 Å². The lowest BCUT2D eigenvalue weighted by Crippen LogP contribution is -2.38. The van der Waals surface area contributed by atoms with Crippen LogP contribution in [0.15, 0.2) is 54.7 Å². The van der Waals surface area contributed by atoms with Gasteiger partial charge in [0.2, 0.25) is 11.8 Å². The summed E-state index contributed by atoms with van der Waals surface area (Å²) >= 11 is 0. The molecule has 4 rings (SSSR count). The van der Waals surface area contributed by atoms with Gasteiger partial charge in [0.15, 0.2) is 0 Å².